The fourth-order valence-electron chi connectivity index (χ4n) is 5.08. The van der Waals surface area contributed by atoms with E-state index in [1.807, 2.05) is 87.6 Å². The highest BCUT2D eigenvalue weighted by Gasteiger charge is 2.27. The third kappa shape index (κ3) is 16.9. The molecule has 0 aliphatic rings. The van der Waals surface area contributed by atoms with Gasteiger partial charge in [0.25, 0.3) is 0 Å². The van der Waals surface area contributed by atoms with E-state index in [2.05, 4.69) is 35.6 Å². The summed E-state index contributed by atoms with van der Waals surface area (Å²) in [6.45, 7) is 18.2. The average molecular weight is 685 g/mol. The van der Waals surface area contributed by atoms with Gasteiger partial charge in [0.05, 0.1) is 11.8 Å². The Bertz CT molecular complexity index is 1320. The monoisotopic (exact) mass is 684 g/mol. The van der Waals surface area contributed by atoms with Gasteiger partial charge in [-0.3, -0.25) is 9.59 Å². The Morgan fingerprint density at radius 1 is 0.708 bits per heavy atom. The summed E-state index contributed by atoms with van der Waals surface area (Å²) in [7, 11) is 3.64. The minimum absolute atomic E-state index is 0.152. The van der Waals surface area contributed by atoms with Crippen LogP contribution in [0.15, 0.2) is 58.3 Å². The molecule has 2 aromatic rings. The molecule has 0 radical (unpaired) electrons. The van der Waals surface area contributed by atoms with Crippen LogP contribution >= 0.6 is 11.8 Å². The predicted octanol–water partition coefficient (Wildman–Crippen LogP) is 8.49. The van der Waals surface area contributed by atoms with Crippen molar-refractivity contribution in [1.29, 1.82) is 0 Å². The largest absolute Gasteiger partial charge is 0.460 e. The summed E-state index contributed by atoms with van der Waals surface area (Å²) in [6, 6.07) is 16.6. The third-order valence-electron chi connectivity index (χ3n) is 7.21. The highest BCUT2D eigenvalue weighted by molar-refractivity contribution is 7.99. The SMILES string of the molecule is CNCCCC(Cc1cccc(Sc2cccc(CC(CCCN(C)C(=O)OC(C)(C)C)C(=O)OC(C)(C)C)c2)c1)C(=O)OC(C)(C)C. The Morgan fingerprint density at radius 3 is 1.56 bits per heavy atom. The molecule has 1 amide bonds. The van der Waals surface area contributed by atoms with Crippen molar-refractivity contribution in [3.8, 4) is 0 Å². The summed E-state index contributed by atoms with van der Waals surface area (Å²) in [5.41, 5.74) is 0.448. The van der Waals surface area contributed by atoms with E-state index < -0.39 is 16.8 Å². The first kappa shape index (κ1) is 41.1. The molecule has 0 bridgehead atoms. The van der Waals surface area contributed by atoms with E-state index in [9.17, 15) is 14.4 Å². The number of carbonyl (C=O) groups excluding carboxylic acids is 3. The molecule has 0 fully saturated rings. The Morgan fingerprint density at radius 2 is 1.15 bits per heavy atom. The lowest BCUT2D eigenvalue weighted by Crippen LogP contribution is -2.35. The van der Waals surface area contributed by atoms with Crippen LogP contribution in [-0.4, -0.2) is 66.9 Å². The number of benzene rings is 2. The number of rotatable bonds is 16. The number of nitrogens with zero attached hydrogens (tertiary/aromatic N) is 1. The van der Waals surface area contributed by atoms with E-state index >= 15 is 0 Å². The third-order valence-corrected chi connectivity index (χ3v) is 8.19. The van der Waals surface area contributed by atoms with E-state index in [0.29, 0.717) is 32.2 Å². The van der Waals surface area contributed by atoms with E-state index in [4.69, 9.17) is 14.2 Å². The quantitative estimate of drug-likeness (QED) is 0.107. The van der Waals surface area contributed by atoms with Crippen molar-refractivity contribution in [3.05, 3.63) is 59.7 Å². The molecular formula is C39H60N2O6S. The molecule has 2 aromatic carbocycles. The van der Waals surface area contributed by atoms with E-state index in [-0.39, 0.29) is 29.9 Å². The molecule has 9 heteroatoms. The first-order valence-electron chi connectivity index (χ1n) is 17.1. The van der Waals surface area contributed by atoms with Crippen molar-refractivity contribution in [2.45, 2.75) is 127 Å². The molecule has 0 aliphatic carbocycles. The molecule has 1 N–H and O–H groups in total. The maximum Gasteiger partial charge on any atom is 0.410 e. The molecule has 268 valence electrons. The number of nitrogens with one attached hydrogen (secondary N) is 1. The second kappa shape index (κ2) is 18.6. The van der Waals surface area contributed by atoms with Gasteiger partial charge in [-0.1, -0.05) is 36.0 Å². The van der Waals surface area contributed by atoms with E-state index in [1.54, 1.807) is 23.7 Å². The summed E-state index contributed by atoms with van der Waals surface area (Å²) in [5, 5.41) is 3.17. The van der Waals surface area contributed by atoms with Gasteiger partial charge in [0.15, 0.2) is 0 Å². The molecule has 0 spiro atoms. The predicted molar refractivity (Wildman–Crippen MR) is 194 cm³/mol. The summed E-state index contributed by atoms with van der Waals surface area (Å²) < 4.78 is 17.0. The lowest BCUT2D eigenvalue weighted by Gasteiger charge is -2.26. The van der Waals surface area contributed by atoms with Crippen LogP contribution in [0, 0.1) is 11.8 Å². The van der Waals surface area contributed by atoms with Crippen LogP contribution < -0.4 is 5.32 Å². The van der Waals surface area contributed by atoms with Crippen LogP contribution in [0.25, 0.3) is 0 Å². The van der Waals surface area contributed by atoms with Gasteiger partial charge in [-0.2, -0.15) is 0 Å². The first-order chi connectivity index (χ1) is 22.2. The topological polar surface area (TPSA) is 94.2 Å². The van der Waals surface area contributed by atoms with Crippen LogP contribution in [0.2, 0.25) is 0 Å². The van der Waals surface area contributed by atoms with Crippen LogP contribution in [0.1, 0.15) is 99.1 Å². The van der Waals surface area contributed by atoms with Crippen molar-refractivity contribution in [2.24, 2.45) is 11.8 Å². The van der Waals surface area contributed by atoms with Crippen molar-refractivity contribution in [1.82, 2.24) is 10.2 Å². The van der Waals surface area contributed by atoms with Gasteiger partial charge in [0.1, 0.15) is 16.8 Å². The molecule has 2 rings (SSSR count). The normalized spacial score (nSPS) is 13.4. The Labute approximate surface area is 294 Å². The first-order valence-corrected chi connectivity index (χ1v) is 18.0. The maximum atomic E-state index is 13.3. The number of hydrogen-bond acceptors (Lipinski definition) is 8. The fourth-order valence-corrected chi connectivity index (χ4v) is 6.07. The lowest BCUT2D eigenvalue weighted by molar-refractivity contribution is -0.161. The Kier molecular flexibility index (Phi) is 16.0. The van der Waals surface area contributed by atoms with Crippen LogP contribution in [0.5, 0.6) is 0 Å². The second-order valence-electron chi connectivity index (χ2n) is 15.6. The molecule has 2 unspecified atom stereocenters. The summed E-state index contributed by atoms with van der Waals surface area (Å²) in [6.07, 6.45) is 3.64. The van der Waals surface area contributed by atoms with Crippen molar-refractivity contribution < 1.29 is 28.6 Å². The van der Waals surface area contributed by atoms with Crippen molar-refractivity contribution >= 4 is 29.8 Å². The Balaban J connectivity index is 2.16. The average Bonchev–Trinajstić information content (AvgIpc) is 2.94. The minimum Gasteiger partial charge on any atom is -0.460 e. The van der Waals surface area contributed by atoms with Gasteiger partial charge in [-0.25, -0.2) is 4.79 Å². The molecular weight excluding hydrogens is 625 g/mol. The Hall–Kier alpha value is -3.04. The smallest absolute Gasteiger partial charge is 0.410 e. The van der Waals surface area contributed by atoms with Crippen molar-refractivity contribution in [2.75, 3.05) is 27.2 Å². The molecule has 0 aromatic heterocycles. The van der Waals surface area contributed by atoms with Gasteiger partial charge in [-0.15, -0.1) is 0 Å². The summed E-state index contributed by atoms with van der Waals surface area (Å²) >= 11 is 1.66. The molecule has 8 nitrogen and oxygen atoms in total. The van der Waals surface area contributed by atoms with Crippen LogP contribution in [0.3, 0.4) is 0 Å². The van der Waals surface area contributed by atoms with Gasteiger partial charge in [-0.05, 0) is 150 Å². The molecule has 0 heterocycles. The zero-order valence-corrected chi connectivity index (χ0v) is 32.1. The molecule has 0 saturated heterocycles. The standard InChI is InChI=1S/C39H60N2O6S/c1-37(2,3)45-34(42)30(18-14-22-40-10)24-28-16-12-20-32(26-28)48-33-21-13-17-29(27-33)25-31(35(43)46-38(4,5)6)19-15-23-41(11)36(44)47-39(7,8)9/h12-13,16-17,20-21,26-27,30-31,40H,14-15,18-19,22-25H2,1-11H3. The lowest BCUT2D eigenvalue weighted by atomic mass is 9.94. The zero-order valence-electron chi connectivity index (χ0n) is 31.2. The van der Waals surface area contributed by atoms with E-state index in [0.717, 1.165) is 40.3 Å². The number of carbonyl (C=O) groups is 3. The second-order valence-corrected chi connectivity index (χ2v) is 16.7. The highest BCUT2D eigenvalue weighted by atomic mass is 32.2. The summed E-state index contributed by atoms with van der Waals surface area (Å²) in [5.74, 6) is -0.953. The number of esters is 2. The zero-order chi connectivity index (χ0) is 36.1. The molecule has 0 aliphatic heterocycles. The molecule has 0 saturated carbocycles. The fraction of sp³-hybridized carbons (Fsp3) is 0.615. The van der Waals surface area contributed by atoms with Gasteiger partial charge in [0.2, 0.25) is 0 Å². The molecule has 2 atom stereocenters. The maximum absolute atomic E-state index is 13.3. The number of ether oxygens (including phenoxy) is 3. The van der Waals surface area contributed by atoms with Gasteiger partial charge < -0.3 is 24.4 Å². The minimum atomic E-state index is -0.596. The van der Waals surface area contributed by atoms with Gasteiger partial charge >= 0.3 is 18.0 Å². The van der Waals surface area contributed by atoms with Crippen molar-refractivity contribution in [3.63, 3.8) is 0 Å². The number of hydrogen-bond donors (Lipinski definition) is 1. The van der Waals surface area contributed by atoms with Gasteiger partial charge in [0, 0.05) is 23.4 Å². The van der Waals surface area contributed by atoms with Crippen LogP contribution in [0.4, 0.5) is 4.79 Å². The molecule has 48 heavy (non-hydrogen) atoms. The van der Waals surface area contributed by atoms with E-state index in [1.165, 1.54) is 0 Å². The summed E-state index contributed by atoms with van der Waals surface area (Å²) in [4.78, 5) is 42.5. The van der Waals surface area contributed by atoms with Crippen LogP contribution in [-0.2, 0) is 36.6 Å². The highest BCUT2D eigenvalue weighted by Crippen LogP contribution is 2.31. The number of amides is 1.